The average molecular weight is 1330 g/mol. The molecular weight excluding hydrogens is 1190 g/mol. The molecule has 0 heterocycles. The van der Waals surface area contributed by atoms with E-state index >= 15 is 0 Å². The van der Waals surface area contributed by atoms with Crippen molar-refractivity contribution in [1.29, 1.82) is 0 Å². The largest absolute Gasteiger partial charge is 0.472 e. The van der Waals surface area contributed by atoms with Crippen LogP contribution in [-0.2, 0) is 65.4 Å². The highest BCUT2D eigenvalue weighted by atomic mass is 31.2. The number of aliphatic hydroxyl groups excluding tert-OH is 1. The van der Waals surface area contributed by atoms with Gasteiger partial charge in [0.25, 0.3) is 0 Å². The zero-order chi connectivity index (χ0) is 66.6. The molecule has 0 saturated heterocycles. The van der Waals surface area contributed by atoms with Crippen molar-refractivity contribution in [3.63, 3.8) is 0 Å². The quantitative estimate of drug-likeness (QED) is 0.0222. The molecular formula is C71H138O17P2. The molecule has 90 heavy (non-hydrogen) atoms. The fourth-order valence-electron chi connectivity index (χ4n) is 10.7. The van der Waals surface area contributed by atoms with Gasteiger partial charge in [0, 0.05) is 25.7 Å². The Morgan fingerprint density at radius 1 is 0.322 bits per heavy atom. The highest BCUT2D eigenvalue weighted by molar-refractivity contribution is 7.47. The lowest BCUT2D eigenvalue weighted by Crippen LogP contribution is -2.30. The number of unbranched alkanes of at least 4 members (excludes halogenated alkanes) is 35. The first kappa shape index (κ1) is 88.1. The lowest BCUT2D eigenvalue weighted by atomic mass is 9.99. The predicted molar refractivity (Wildman–Crippen MR) is 363 cm³/mol. The van der Waals surface area contributed by atoms with Crippen molar-refractivity contribution in [1.82, 2.24) is 0 Å². The van der Waals surface area contributed by atoms with E-state index in [4.69, 9.17) is 37.0 Å². The maximum atomic E-state index is 13.0. The molecule has 534 valence electrons. The van der Waals surface area contributed by atoms with Gasteiger partial charge in [-0.2, -0.15) is 0 Å². The van der Waals surface area contributed by atoms with Crippen LogP contribution in [0.5, 0.6) is 0 Å². The number of rotatable bonds is 69. The van der Waals surface area contributed by atoms with E-state index in [2.05, 4.69) is 48.5 Å². The SMILES string of the molecule is CCCCCCCCCCCCCCCCC(=O)OC[C@H](COP(=O)(O)OC[C@@H](O)COP(=O)(O)OC[C@@H](COC(=O)CCCCCCCCCC(C)C)OC(=O)CCCCCCCCCCC(C)CC)OC(=O)CCCCCCCCCCCCC(C)CC. The van der Waals surface area contributed by atoms with Gasteiger partial charge in [-0.3, -0.25) is 37.3 Å². The molecule has 0 aliphatic rings. The van der Waals surface area contributed by atoms with Crippen LogP contribution in [-0.4, -0.2) is 96.7 Å². The highest BCUT2D eigenvalue weighted by Gasteiger charge is 2.30. The van der Waals surface area contributed by atoms with Crippen LogP contribution in [0.1, 0.15) is 357 Å². The monoisotopic (exact) mass is 1320 g/mol. The van der Waals surface area contributed by atoms with Gasteiger partial charge in [0.15, 0.2) is 12.2 Å². The summed E-state index contributed by atoms with van der Waals surface area (Å²) >= 11 is 0. The summed E-state index contributed by atoms with van der Waals surface area (Å²) < 4.78 is 68.3. The molecule has 0 spiro atoms. The Bertz CT molecular complexity index is 1770. The van der Waals surface area contributed by atoms with Crippen molar-refractivity contribution >= 4 is 39.5 Å². The summed E-state index contributed by atoms with van der Waals surface area (Å²) in [6.07, 6.45) is 45.7. The Morgan fingerprint density at radius 2 is 0.567 bits per heavy atom. The van der Waals surface area contributed by atoms with Crippen LogP contribution in [0.25, 0.3) is 0 Å². The van der Waals surface area contributed by atoms with Gasteiger partial charge < -0.3 is 33.8 Å². The normalized spacial score (nSPS) is 14.8. The molecule has 0 fully saturated rings. The van der Waals surface area contributed by atoms with Crippen LogP contribution >= 0.6 is 15.6 Å². The van der Waals surface area contributed by atoms with Gasteiger partial charge in [-0.25, -0.2) is 9.13 Å². The Balaban J connectivity index is 5.27. The number of phosphoric ester groups is 2. The molecule has 0 aromatic heterocycles. The van der Waals surface area contributed by atoms with Crippen molar-refractivity contribution in [2.24, 2.45) is 17.8 Å². The zero-order valence-electron chi connectivity index (χ0n) is 58.6. The average Bonchev–Trinajstić information content (AvgIpc) is 2.84. The van der Waals surface area contributed by atoms with Gasteiger partial charge in [-0.15, -0.1) is 0 Å². The molecule has 4 unspecified atom stereocenters. The van der Waals surface area contributed by atoms with Crippen molar-refractivity contribution in [3.05, 3.63) is 0 Å². The summed E-state index contributed by atoms with van der Waals surface area (Å²) in [4.78, 5) is 72.6. The van der Waals surface area contributed by atoms with Gasteiger partial charge in [0.05, 0.1) is 26.4 Å². The minimum absolute atomic E-state index is 0.104. The molecule has 0 radical (unpaired) electrons. The molecule has 0 aromatic carbocycles. The maximum absolute atomic E-state index is 13.0. The summed E-state index contributed by atoms with van der Waals surface area (Å²) in [5.41, 5.74) is 0. The van der Waals surface area contributed by atoms with Gasteiger partial charge in [-0.05, 0) is 43.4 Å². The molecule has 0 aromatic rings. The van der Waals surface area contributed by atoms with Crippen molar-refractivity contribution in [2.45, 2.75) is 375 Å². The van der Waals surface area contributed by atoms with Crippen molar-refractivity contribution in [3.8, 4) is 0 Å². The number of hydrogen-bond donors (Lipinski definition) is 3. The standard InChI is InChI=1S/C71H138O17P2/c1-8-11-12-13-14-15-16-17-18-19-23-31-38-45-52-68(73)81-58-66(87-70(75)54-47-40-32-24-21-20-22-29-36-43-50-63(6)9-2)60-85-89(77,78)83-56-65(72)57-84-90(79,80)86-61-67(59-82-69(74)53-46-39-34-27-28-35-42-49-62(4)5)88-71(76)55-48-41-33-26-25-30-37-44-51-64(7)10-3/h62-67,72H,8-61H2,1-7H3,(H,77,78)(H,79,80)/t63?,64?,65-,66-,67-/m1/s1. The molecule has 19 heteroatoms. The summed E-state index contributed by atoms with van der Waals surface area (Å²) in [6.45, 7) is 11.8. The fourth-order valence-corrected chi connectivity index (χ4v) is 12.2. The molecule has 17 nitrogen and oxygen atoms in total. The smallest absolute Gasteiger partial charge is 0.462 e. The van der Waals surface area contributed by atoms with E-state index < -0.39 is 97.5 Å². The van der Waals surface area contributed by atoms with Gasteiger partial charge in [0.2, 0.25) is 0 Å². The van der Waals surface area contributed by atoms with Gasteiger partial charge >= 0.3 is 39.5 Å². The number of esters is 4. The Labute approximate surface area is 549 Å². The fraction of sp³-hybridized carbons (Fsp3) is 0.944. The first-order valence-corrected chi connectivity index (χ1v) is 39.9. The third kappa shape index (κ3) is 62.2. The van der Waals surface area contributed by atoms with Crippen molar-refractivity contribution in [2.75, 3.05) is 39.6 Å². The van der Waals surface area contributed by atoms with Crippen LogP contribution in [0.2, 0.25) is 0 Å². The van der Waals surface area contributed by atoms with E-state index in [1.165, 1.54) is 161 Å². The van der Waals surface area contributed by atoms with Crippen LogP contribution < -0.4 is 0 Å². The minimum atomic E-state index is -4.95. The number of phosphoric acid groups is 2. The second-order valence-electron chi connectivity index (χ2n) is 26.6. The van der Waals surface area contributed by atoms with E-state index in [9.17, 15) is 43.2 Å². The van der Waals surface area contributed by atoms with E-state index in [1.54, 1.807) is 0 Å². The van der Waals surface area contributed by atoms with Crippen LogP contribution in [0, 0.1) is 17.8 Å². The van der Waals surface area contributed by atoms with Crippen LogP contribution in [0.3, 0.4) is 0 Å². The molecule has 0 rings (SSSR count). The van der Waals surface area contributed by atoms with Crippen molar-refractivity contribution < 1.29 is 80.2 Å². The molecule has 7 atom stereocenters. The van der Waals surface area contributed by atoms with Crippen LogP contribution in [0.15, 0.2) is 0 Å². The van der Waals surface area contributed by atoms with E-state index in [-0.39, 0.29) is 25.7 Å². The molecule has 0 amide bonds. The highest BCUT2D eigenvalue weighted by Crippen LogP contribution is 2.45. The first-order chi connectivity index (χ1) is 43.3. The lowest BCUT2D eigenvalue weighted by Gasteiger charge is -2.21. The van der Waals surface area contributed by atoms with E-state index in [1.807, 2.05) is 0 Å². The predicted octanol–water partition coefficient (Wildman–Crippen LogP) is 20.2. The Kier molecular flexibility index (Phi) is 60.6. The maximum Gasteiger partial charge on any atom is 0.472 e. The topological polar surface area (TPSA) is 237 Å². The summed E-state index contributed by atoms with van der Waals surface area (Å²) in [5, 5.41) is 10.6. The van der Waals surface area contributed by atoms with Gasteiger partial charge in [0.1, 0.15) is 19.3 Å². The molecule has 0 aliphatic carbocycles. The Morgan fingerprint density at radius 3 is 0.844 bits per heavy atom. The van der Waals surface area contributed by atoms with E-state index in [0.717, 1.165) is 108 Å². The lowest BCUT2D eigenvalue weighted by molar-refractivity contribution is -0.161. The molecule has 0 saturated carbocycles. The Hall–Kier alpha value is -1.94. The molecule has 0 aliphatic heterocycles. The third-order valence-electron chi connectivity index (χ3n) is 17.1. The third-order valence-corrected chi connectivity index (χ3v) is 19.0. The zero-order valence-corrected chi connectivity index (χ0v) is 60.4. The number of ether oxygens (including phenoxy) is 4. The minimum Gasteiger partial charge on any atom is -0.462 e. The van der Waals surface area contributed by atoms with Crippen LogP contribution in [0.4, 0.5) is 0 Å². The second-order valence-corrected chi connectivity index (χ2v) is 29.5. The number of aliphatic hydroxyl groups is 1. The molecule has 0 bridgehead atoms. The summed E-state index contributed by atoms with van der Waals surface area (Å²) in [5.74, 6) is 0.151. The van der Waals surface area contributed by atoms with Gasteiger partial charge in [-0.1, -0.05) is 305 Å². The first-order valence-electron chi connectivity index (χ1n) is 36.9. The molecule has 3 N–H and O–H groups in total. The second kappa shape index (κ2) is 61.9. The summed E-state index contributed by atoms with van der Waals surface area (Å²) in [6, 6.07) is 0. The number of carbonyl (C=O) groups is 4. The summed E-state index contributed by atoms with van der Waals surface area (Å²) in [7, 11) is -9.90. The van der Waals surface area contributed by atoms with E-state index in [0.29, 0.717) is 31.6 Å². The number of carbonyl (C=O) groups excluding carboxylic acids is 4. The number of hydrogen-bond acceptors (Lipinski definition) is 15.